The van der Waals surface area contributed by atoms with Crippen LogP contribution in [0.15, 0.2) is 48.8 Å². The van der Waals surface area contributed by atoms with Gasteiger partial charge >= 0.3 is 18.3 Å². The molecule has 10 nitrogen and oxygen atoms in total. The quantitative estimate of drug-likeness (QED) is 0.235. The molecule has 2 amide bonds. The highest BCUT2D eigenvalue weighted by atomic mass is 19.4. The molecule has 0 aliphatic carbocycles. The van der Waals surface area contributed by atoms with Gasteiger partial charge in [-0.2, -0.15) is 31.4 Å². The number of carbonyl (C=O) groups is 3. The number of esters is 1. The van der Waals surface area contributed by atoms with Crippen LogP contribution >= 0.6 is 0 Å². The zero-order valence-corrected chi connectivity index (χ0v) is 19.9. The lowest BCUT2D eigenvalue weighted by Gasteiger charge is -2.12. The Balaban J connectivity index is 1.64. The molecule has 0 fully saturated rings. The molecule has 0 unspecified atom stereocenters. The molecule has 0 atom stereocenters. The van der Waals surface area contributed by atoms with Crippen LogP contribution < -0.4 is 15.4 Å². The molecule has 3 rings (SSSR count). The Labute approximate surface area is 215 Å². The second kappa shape index (κ2) is 11.8. The number of methoxy groups -OCH3 is 1. The molecule has 0 aliphatic rings. The molecule has 0 radical (unpaired) electrons. The van der Waals surface area contributed by atoms with E-state index in [2.05, 4.69) is 30.2 Å². The van der Waals surface area contributed by atoms with Crippen LogP contribution in [0.3, 0.4) is 0 Å². The van der Waals surface area contributed by atoms with Gasteiger partial charge in [-0.1, -0.05) is 18.2 Å². The predicted octanol–water partition coefficient (Wildman–Crippen LogP) is 3.17. The minimum atomic E-state index is -4.92. The van der Waals surface area contributed by atoms with Crippen LogP contribution in [0.5, 0.6) is 5.88 Å². The maximum Gasteiger partial charge on any atom is 0.435 e. The van der Waals surface area contributed by atoms with Crippen molar-refractivity contribution in [1.82, 2.24) is 25.4 Å². The average molecular weight is 559 g/mol. The fourth-order valence-electron chi connectivity index (χ4n) is 3.11. The molecule has 2 aromatic heterocycles. The van der Waals surface area contributed by atoms with E-state index in [1.165, 1.54) is 12.1 Å². The summed E-state index contributed by atoms with van der Waals surface area (Å²) in [5.74, 6) is -3.77. The second-order valence-electron chi connectivity index (χ2n) is 7.65. The van der Waals surface area contributed by atoms with Crippen LogP contribution in [0, 0.1) is 0 Å². The minimum absolute atomic E-state index is 0.260. The van der Waals surface area contributed by atoms with Crippen molar-refractivity contribution in [2.24, 2.45) is 0 Å². The van der Waals surface area contributed by atoms with E-state index in [1.807, 2.05) is 0 Å². The van der Waals surface area contributed by atoms with Crippen molar-refractivity contribution in [3.63, 3.8) is 0 Å². The summed E-state index contributed by atoms with van der Waals surface area (Å²) in [6, 6.07) is 8.71. The maximum atomic E-state index is 13.5. The van der Waals surface area contributed by atoms with Crippen LogP contribution in [0.4, 0.5) is 26.3 Å². The Kier molecular flexibility index (Phi) is 8.78. The third-order valence-electron chi connectivity index (χ3n) is 4.84. The number of nitrogens with one attached hydrogen (secondary N) is 2. The third kappa shape index (κ3) is 7.68. The van der Waals surface area contributed by atoms with E-state index in [1.54, 1.807) is 18.2 Å². The van der Waals surface area contributed by atoms with E-state index in [-0.39, 0.29) is 18.7 Å². The second-order valence-corrected chi connectivity index (χ2v) is 7.65. The first-order chi connectivity index (χ1) is 18.3. The number of nitrogens with zero attached hydrogens (tertiary/aromatic N) is 3. The standard InChI is InChI=1S/C23H19F6N5O5/c1-38-21(37)15-9-13(10-32-20(15)39-12-22(24,25)26)18(35)30-7-8-31-19(36)16-11-34(14-5-3-2-4-6-14)33-17(16)23(27,28)29/h2-6,9-11H,7-8,12H2,1H3,(H,30,35)(H,31,36). The molecule has 0 saturated carbocycles. The normalized spacial score (nSPS) is 11.6. The number of hydrogen-bond acceptors (Lipinski definition) is 7. The van der Waals surface area contributed by atoms with Crippen molar-refractivity contribution in [3.8, 4) is 11.6 Å². The van der Waals surface area contributed by atoms with Crippen molar-refractivity contribution in [2.75, 3.05) is 26.8 Å². The van der Waals surface area contributed by atoms with Gasteiger partial charge in [0.25, 0.3) is 11.8 Å². The van der Waals surface area contributed by atoms with E-state index in [9.17, 15) is 40.7 Å². The zero-order chi connectivity index (χ0) is 28.8. The molecule has 0 saturated heterocycles. The van der Waals surface area contributed by atoms with Crippen LogP contribution in [0.25, 0.3) is 5.69 Å². The number of pyridine rings is 1. The van der Waals surface area contributed by atoms with Gasteiger partial charge in [-0.25, -0.2) is 14.5 Å². The van der Waals surface area contributed by atoms with Gasteiger partial charge in [0.05, 0.1) is 23.9 Å². The Morgan fingerprint density at radius 2 is 1.59 bits per heavy atom. The van der Waals surface area contributed by atoms with E-state index >= 15 is 0 Å². The van der Waals surface area contributed by atoms with Crippen LogP contribution in [-0.4, -0.2) is 65.5 Å². The summed E-state index contributed by atoms with van der Waals surface area (Å²) < 4.78 is 87.5. The van der Waals surface area contributed by atoms with Gasteiger partial charge in [0.2, 0.25) is 5.88 Å². The van der Waals surface area contributed by atoms with Gasteiger partial charge in [-0.15, -0.1) is 0 Å². The number of halogens is 6. The fraction of sp³-hybridized carbons (Fsp3) is 0.261. The number of ether oxygens (including phenoxy) is 2. The topological polar surface area (TPSA) is 124 Å². The van der Waals surface area contributed by atoms with Gasteiger partial charge in [-0.3, -0.25) is 9.59 Å². The SMILES string of the molecule is COC(=O)c1cc(C(=O)NCCNC(=O)c2cn(-c3ccccc3)nc2C(F)(F)F)cnc1OCC(F)(F)F. The summed E-state index contributed by atoms with van der Waals surface area (Å²) in [7, 11) is 0.957. The van der Waals surface area contributed by atoms with Gasteiger partial charge in [0.1, 0.15) is 5.56 Å². The molecular formula is C23H19F6N5O5. The van der Waals surface area contributed by atoms with Gasteiger partial charge in [-0.05, 0) is 18.2 Å². The number of alkyl halides is 6. The van der Waals surface area contributed by atoms with Gasteiger partial charge in [0, 0.05) is 25.5 Å². The van der Waals surface area contributed by atoms with Gasteiger partial charge in [0.15, 0.2) is 12.3 Å². The molecule has 16 heteroatoms. The fourth-order valence-corrected chi connectivity index (χ4v) is 3.11. The molecule has 0 spiro atoms. The van der Waals surface area contributed by atoms with Gasteiger partial charge < -0.3 is 20.1 Å². The first-order valence-electron chi connectivity index (χ1n) is 10.9. The first kappa shape index (κ1) is 28.9. The minimum Gasteiger partial charge on any atom is -0.467 e. The van der Waals surface area contributed by atoms with Crippen LogP contribution in [-0.2, 0) is 10.9 Å². The molecule has 3 aromatic rings. The Hall–Kier alpha value is -4.63. The van der Waals surface area contributed by atoms with E-state index < -0.39 is 59.4 Å². The maximum absolute atomic E-state index is 13.5. The molecule has 2 N–H and O–H groups in total. The molecular weight excluding hydrogens is 540 g/mol. The van der Waals surface area contributed by atoms with Crippen molar-refractivity contribution >= 4 is 17.8 Å². The van der Waals surface area contributed by atoms with Crippen LogP contribution in [0.1, 0.15) is 36.8 Å². The van der Waals surface area contributed by atoms with E-state index in [0.717, 1.165) is 30.3 Å². The number of benzene rings is 1. The molecule has 208 valence electrons. The number of rotatable bonds is 9. The summed E-state index contributed by atoms with van der Waals surface area (Å²) in [6.45, 7) is -2.31. The smallest absolute Gasteiger partial charge is 0.435 e. The number of para-hydroxylation sites is 1. The number of aromatic nitrogens is 3. The van der Waals surface area contributed by atoms with Crippen molar-refractivity contribution in [2.45, 2.75) is 12.4 Å². The van der Waals surface area contributed by atoms with Crippen molar-refractivity contribution < 1.29 is 50.2 Å². The van der Waals surface area contributed by atoms with Crippen molar-refractivity contribution in [3.05, 3.63) is 71.2 Å². The summed E-state index contributed by atoms with van der Waals surface area (Å²) in [5, 5.41) is 8.05. The van der Waals surface area contributed by atoms with E-state index in [0.29, 0.717) is 5.69 Å². The van der Waals surface area contributed by atoms with E-state index in [4.69, 9.17) is 0 Å². The lowest BCUT2D eigenvalue weighted by atomic mass is 10.2. The first-order valence-corrected chi connectivity index (χ1v) is 10.9. The van der Waals surface area contributed by atoms with Crippen molar-refractivity contribution in [1.29, 1.82) is 0 Å². The Morgan fingerprint density at radius 3 is 2.18 bits per heavy atom. The Bertz CT molecular complexity index is 1340. The molecule has 2 heterocycles. The molecule has 0 aliphatic heterocycles. The monoisotopic (exact) mass is 559 g/mol. The number of carbonyl (C=O) groups excluding carboxylic acids is 3. The summed E-state index contributed by atoms with van der Waals surface area (Å²) in [4.78, 5) is 40.3. The highest BCUT2D eigenvalue weighted by Gasteiger charge is 2.39. The average Bonchev–Trinajstić information content (AvgIpc) is 3.36. The van der Waals surface area contributed by atoms with Crippen LogP contribution in [0.2, 0.25) is 0 Å². The summed E-state index contributed by atoms with van der Waals surface area (Å²) in [5.41, 5.74) is -2.65. The number of hydrogen-bond donors (Lipinski definition) is 2. The zero-order valence-electron chi connectivity index (χ0n) is 19.9. The number of amides is 2. The largest absolute Gasteiger partial charge is 0.467 e. The highest BCUT2D eigenvalue weighted by molar-refractivity contribution is 5.99. The molecule has 39 heavy (non-hydrogen) atoms. The summed E-state index contributed by atoms with van der Waals surface area (Å²) >= 11 is 0. The lowest BCUT2D eigenvalue weighted by Crippen LogP contribution is -2.35. The molecule has 1 aromatic carbocycles. The lowest BCUT2D eigenvalue weighted by molar-refractivity contribution is -0.154. The molecule has 0 bridgehead atoms. The Morgan fingerprint density at radius 1 is 0.949 bits per heavy atom. The highest BCUT2D eigenvalue weighted by Crippen LogP contribution is 2.31. The summed E-state index contributed by atoms with van der Waals surface area (Å²) in [6.07, 6.45) is -7.86. The third-order valence-corrected chi connectivity index (χ3v) is 4.84. The predicted molar refractivity (Wildman–Crippen MR) is 120 cm³/mol.